The SMILES string of the molecule is CC(C)c1ccc(CCNC(=O)c2cccnc2N2CCCC2)cc1. The lowest BCUT2D eigenvalue weighted by atomic mass is 10.0. The van der Waals surface area contributed by atoms with Crippen molar-refractivity contribution in [2.75, 3.05) is 24.5 Å². The second kappa shape index (κ2) is 8.15. The molecular formula is C21H27N3O. The molecule has 0 unspecified atom stereocenters. The van der Waals surface area contributed by atoms with Gasteiger partial charge in [-0.3, -0.25) is 4.79 Å². The summed E-state index contributed by atoms with van der Waals surface area (Å²) in [6.07, 6.45) is 4.94. The third kappa shape index (κ3) is 4.38. The minimum Gasteiger partial charge on any atom is -0.356 e. The molecule has 132 valence electrons. The second-order valence-corrected chi connectivity index (χ2v) is 6.97. The van der Waals surface area contributed by atoms with E-state index in [1.807, 2.05) is 12.1 Å². The fourth-order valence-corrected chi connectivity index (χ4v) is 3.24. The maximum atomic E-state index is 12.6. The number of nitrogens with zero attached hydrogens (tertiary/aromatic N) is 2. The Morgan fingerprint density at radius 2 is 1.88 bits per heavy atom. The monoisotopic (exact) mass is 337 g/mol. The van der Waals surface area contributed by atoms with Crippen LogP contribution in [0.3, 0.4) is 0 Å². The maximum absolute atomic E-state index is 12.6. The number of rotatable bonds is 6. The van der Waals surface area contributed by atoms with Crippen molar-refractivity contribution in [3.8, 4) is 0 Å². The predicted molar refractivity (Wildman–Crippen MR) is 102 cm³/mol. The van der Waals surface area contributed by atoms with Gasteiger partial charge in [0.15, 0.2) is 0 Å². The summed E-state index contributed by atoms with van der Waals surface area (Å²) >= 11 is 0. The zero-order chi connectivity index (χ0) is 17.6. The molecule has 2 heterocycles. The van der Waals surface area contributed by atoms with Gasteiger partial charge in [0.1, 0.15) is 5.82 Å². The van der Waals surface area contributed by atoms with Crippen LogP contribution in [0.4, 0.5) is 5.82 Å². The number of hydrogen-bond acceptors (Lipinski definition) is 3. The number of amides is 1. The van der Waals surface area contributed by atoms with Crippen LogP contribution in [0.15, 0.2) is 42.6 Å². The number of carbonyl (C=O) groups excluding carboxylic acids is 1. The number of aromatic nitrogens is 1. The van der Waals surface area contributed by atoms with E-state index in [0.717, 1.165) is 25.3 Å². The number of anilines is 1. The Balaban J connectivity index is 1.58. The number of pyridine rings is 1. The van der Waals surface area contributed by atoms with Crippen LogP contribution >= 0.6 is 0 Å². The maximum Gasteiger partial charge on any atom is 0.255 e. The first kappa shape index (κ1) is 17.5. The Labute approximate surface area is 150 Å². The van der Waals surface area contributed by atoms with Gasteiger partial charge >= 0.3 is 0 Å². The lowest BCUT2D eigenvalue weighted by Crippen LogP contribution is -2.29. The first-order chi connectivity index (χ1) is 12.1. The van der Waals surface area contributed by atoms with Gasteiger partial charge in [-0.1, -0.05) is 38.1 Å². The highest BCUT2D eigenvalue weighted by Crippen LogP contribution is 2.21. The molecule has 0 bridgehead atoms. The molecule has 1 N–H and O–H groups in total. The van der Waals surface area contributed by atoms with Crippen molar-refractivity contribution in [3.05, 3.63) is 59.3 Å². The van der Waals surface area contributed by atoms with Crippen LogP contribution < -0.4 is 10.2 Å². The van der Waals surface area contributed by atoms with Gasteiger partial charge in [-0.2, -0.15) is 0 Å². The lowest BCUT2D eigenvalue weighted by molar-refractivity contribution is 0.0954. The molecule has 1 aliphatic rings. The average molecular weight is 337 g/mol. The van der Waals surface area contributed by atoms with E-state index in [4.69, 9.17) is 0 Å². The van der Waals surface area contributed by atoms with E-state index in [-0.39, 0.29) is 5.91 Å². The normalized spacial score (nSPS) is 14.1. The van der Waals surface area contributed by atoms with Crippen LogP contribution in [-0.4, -0.2) is 30.5 Å². The van der Waals surface area contributed by atoms with Crippen molar-refractivity contribution in [3.63, 3.8) is 0 Å². The molecule has 0 spiro atoms. The Morgan fingerprint density at radius 3 is 2.56 bits per heavy atom. The van der Waals surface area contributed by atoms with Gasteiger partial charge in [0.05, 0.1) is 5.56 Å². The summed E-state index contributed by atoms with van der Waals surface area (Å²) in [5.41, 5.74) is 3.27. The van der Waals surface area contributed by atoms with Crippen LogP contribution in [-0.2, 0) is 6.42 Å². The number of carbonyl (C=O) groups is 1. The smallest absolute Gasteiger partial charge is 0.255 e. The van der Waals surface area contributed by atoms with Gasteiger partial charge in [0, 0.05) is 25.8 Å². The largest absolute Gasteiger partial charge is 0.356 e. The molecule has 2 aromatic rings. The van der Waals surface area contributed by atoms with Crippen LogP contribution in [0, 0.1) is 0 Å². The van der Waals surface area contributed by atoms with Gasteiger partial charge < -0.3 is 10.2 Å². The first-order valence-electron chi connectivity index (χ1n) is 9.22. The Hall–Kier alpha value is -2.36. The molecule has 1 aliphatic heterocycles. The highest BCUT2D eigenvalue weighted by Gasteiger charge is 2.20. The van der Waals surface area contributed by atoms with Crippen LogP contribution in [0.5, 0.6) is 0 Å². The lowest BCUT2D eigenvalue weighted by Gasteiger charge is -2.19. The van der Waals surface area contributed by atoms with Gasteiger partial charge in [-0.05, 0) is 48.4 Å². The molecule has 1 amide bonds. The van der Waals surface area contributed by atoms with Gasteiger partial charge in [-0.15, -0.1) is 0 Å². The number of hydrogen-bond donors (Lipinski definition) is 1. The highest BCUT2D eigenvalue weighted by molar-refractivity contribution is 5.98. The van der Waals surface area contributed by atoms with Crippen molar-refractivity contribution < 1.29 is 4.79 Å². The van der Waals surface area contributed by atoms with Gasteiger partial charge in [-0.25, -0.2) is 4.98 Å². The molecule has 0 radical (unpaired) electrons. The minimum atomic E-state index is -0.0335. The van der Waals surface area contributed by atoms with Crippen molar-refractivity contribution in [1.82, 2.24) is 10.3 Å². The van der Waals surface area contributed by atoms with E-state index in [0.29, 0.717) is 18.0 Å². The third-order valence-corrected chi connectivity index (χ3v) is 4.78. The zero-order valence-electron chi connectivity index (χ0n) is 15.2. The molecule has 4 nitrogen and oxygen atoms in total. The van der Waals surface area contributed by atoms with Crippen LogP contribution in [0.25, 0.3) is 0 Å². The molecule has 4 heteroatoms. The van der Waals surface area contributed by atoms with Crippen LogP contribution in [0.1, 0.15) is 54.1 Å². The number of nitrogens with one attached hydrogen (secondary N) is 1. The van der Waals surface area contributed by atoms with Crippen LogP contribution in [0.2, 0.25) is 0 Å². The molecule has 0 aliphatic carbocycles. The van der Waals surface area contributed by atoms with Gasteiger partial charge in [0.25, 0.3) is 5.91 Å². The summed E-state index contributed by atoms with van der Waals surface area (Å²) in [5, 5.41) is 3.04. The van der Waals surface area contributed by atoms with Gasteiger partial charge in [0.2, 0.25) is 0 Å². The zero-order valence-corrected chi connectivity index (χ0v) is 15.2. The molecule has 1 fully saturated rings. The molecule has 0 atom stereocenters. The molecular weight excluding hydrogens is 310 g/mol. The molecule has 3 rings (SSSR count). The van der Waals surface area contributed by atoms with E-state index in [1.165, 1.54) is 24.0 Å². The Bertz CT molecular complexity index is 703. The van der Waals surface area contributed by atoms with E-state index < -0.39 is 0 Å². The standard InChI is InChI=1S/C21H27N3O/c1-16(2)18-9-7-17(8-10-18)11-13-23-21(25)19-6-5-12-22-20(19)24-14-3-4-15-24/h5-10,12,16H,3-4,11,13-15H2,1-2H3,(H,23,25). The summed E-state index contributed by atoms with van der Waals surface area (Å²) < 4.78 is 0. The summed E-state index contributed by atoms with van der Waals surface area (Å²) in [6.45, 7) is 7.00. The fourth-order valence-electron chi connectivity index (χ4n) is 3.24. The quantitative estimate of drug-likeness (QED) is 0.872. The molecule has 1 saturated heterocycles. The summed E-state index contributed by atoms with van der Waals surface area (Å²) in [5.74, 6) is 1.33. The summed E-state index contributed by atoms with van der Waals surface area (Å²) in [4.78, 5) is 19.2. The topological polar surface area (TPSA) is 45.2 Å². The van der Waals surface area contributed by atoms with E-state index in [1.54, 1.807) is 6.20 Å². The van der Waals surface area contributed by atoms with E-state index in [9.17, 15) is 4.79 Å². The highest BCUT2D eigenvalue weighted by atomic mass is 16.1. The summed E-state index contributed by atoms with van der Waals surface area (Å²) in [7, 11) is 0. The predicted octanol–water partition coefficient (Wildman–Crippen LogP) is 3.78. The van der Waals surface area contributed by atoms with Crippen molar-refractivity contribution in [2.45, 2.75) is 39.0 Å². The molecule has 25 heavy (non-hydrogen) atoms. The second-order valence-electron chi connectivity index (χ2n) is 6.97. The average Bonchev–Trinajstić information content (AvgIpc) is 3.16. The molecule has 1 aromatic carbocycles. The van der Waals surface area contributed by atoms with Crippen molar-refractivity contribution in [2.24, 2.45) is 0 Å². The third-order valence-electron chi connectivity index (χ3n) is 4.78. The minimum absolute atomic E-state index is 0.0335. The Kier molecular flexibility index (Phi) is 5.69. The first-order valence-corrected chi connectivity index (χ1v) is 9.22. The molecule has 0 saturated carbocycles. The van der Waals surface area contributed by atoms with E-state index >= 15 is 0 Å². The van der Waals surface area contributed by atoms with Crippen molar-refractivity contribution >= 4 is 11.7 Å². The van der Waals surface area contributed by atoms with E-state index in [2.05, 4.69) is 53.3 Å². The molecule has 1 aromatic heterocycles. The fraction of sp³-hybridized carbons (Fsp3) is 0.429. The number of benzene rings is 1. The Morgan fingerprint density at radius 1 is 1.16 bits per heavy atom. The summed E-state index contributed by atoms with van der Waals surface area (Å²) in [6, 6.07) is 12.4. The van der Waals surface area contributed by atoms with Crippen molar-refractivity contribution in [1.29, 1.82) is 0 Å².